The van der Waals surface area contributed by atoms with E-state index >= 15 is 0 Å². The molecule has 0 N–H and O–H groups in total. The molecule has 2 aliphatic rings. The second-order valence-corrected chi connectivity index (χ2v) is 5.64. The van der Waals surface area contributed by atoms with Crippen molar-refractivity contribution < 1.29 is 0 Å². The molecular weight excluding hydrogens is 280 g/mol. The van der Waals surface area contributed by atoms with Crippen LogP contribution in [0.15, 0.2) is 59.7 Å². The summed E-state index contributed by atoms with van der Waals surface area (Å²) in [7, 11) is 0. The molecule has 3 heteroatoms. The lowest BCUT2D eigenvalue weighted by Gasteiger charge is -2.28. The number of hydrogen-bond donors (Lipinski definition) is 0. The molecule has 0 aromatic heterocycles. The number of benzene rings is 2. The van der Waals surface area contributed by atoms with Gasteiger partial charge in [0.1, 0.15) is 0 Å². The van der Waals surface area contributed by atoms with E-state index in [9.17, 15) is 0 Å². The summed E-state index contributed by atoms with van der Waals surface area (Å²) < 4.78 is 0. The Kier molecular flexibility index (Phi) is 3.98. The first-order valence-electron chi connectivity index (χ1n) is 7.40. The minimum Gasteiger partial charge on any atom is -0.258 e. The molecule has 2 unspecified atom stereocenters. The van der Waals surface area contributed by atoms with E-state index in [2.05, 4.69) is 65.8 Å². The van der Waals surface area contributed by atoms with Gasteiger partial charge < -0.3 is 0 Å². The lowest BCUT2D eigenvalue weighted by atomic mass is 9.92. The summed E-state index contributed by atoms with van der Waals surface area (Å²) in [6.45, 7) is 0. The van der Waals surface area contributed by atoms with Gasteiger partial charge in [-0.15, -0.1) is 12.4 Å². The average Bonchev–Trinajstić information content (AvgIpc) is 2.84. The summed E-state index contributed by atoms with van der Waals surface area (Å²) >= 11 is 0. The van der Waals surface area contributed by atoms with Crippen molar-refractivity contribution in [2.75, 3.05) is 5.01 Å². The predicted molar refractivity (Wildman–Crippen MR) is 90.3 cm³/mol. The number of hydrogen-bond acceptors (Lipinski definition) is 2. The van der Waals surface area contributed by atoms with Crippen LogP contribution in [0.3, 0.4) is 0 Å². The lowest BCUT2D eigenvalue weighted by Crippen LogP contribution is -2.23. The predicted octanol–water partition coefficient (Wildman–Crippen LogP) is 4.61. The minimum absolute atomic E-state index is 0. The summed E-state index contributed by atoms with van der Waals surface area (Å²) in [5.74, 6) is 0.541. The summed E-state index contributed by atoms with van der Waals surface area (Å²) in [5.41, 5.74) is 4.13. The zero-order valence-electron chi connectivity index (χ0n) is 11.9. The molecule has 0 saturated carbocycles. The molecule has 1 aliphatic carbocycles. The van der Waals surface area contributed by atoms with E-state index in [0.29, 0.717) is 12.0 Å². The molecule has 0 bridgehead atoms. The number of aryl methyl sites for hydroxylation is 1. The SMILES string of the molecule is C1=NN(c2ccccc2)C2c3ccccc3CCCC12.Cl. The van der Waals surface area contributed by atoms with Crippen LogP contribution in [0, 0.1) is 5.92 Å². The molecule has 2 nitrogen and oxygen atoms in total. The van der Waals surface area contributed by atoms with Crippen LogP contribution < -0.4 is 5.01 Å². The third-order valence-electron chi connectivity index (χ3n) is 4.43. The highest BCUT2D eigenvalue weighted by Crippen LogP contribution is 2.42. The number of halogens is 1. The maximum Gasteiger partial charge on any atom is 0.0856 e. The number of anilines is 1. The van der Waals surface area contributed by atoms with Crippen molar-refractivity contribution in [3.63, 3.8) is 0 Å². The van der Waals surface area contributed by atoms with E-state index in [1.807, 2.05) is 0 Å². The highest BCUT2D eigenvalue weighted by molar-refractivity contribution is 5.85. The standard InChI is InChI=1S/C18H18N2.ClH/c1-2-10-16(11-3-1)20-18-15(13-19-20)9-6-8-14-7-4-5-12-17(14)18;/h1-5,7,10-13,15,18H,6,8-9H2;1H. The third-order valence-corrected chi connectivity index (χ3v) is 4.43. The van der Waals surface area contributed by atoms with Gasteiger partial charge in [0, 0.05) is 12.1 Å². The first-order valence-corrected chi connectivity index (χ1v) is 7.40. The first-order chi connectivity index (χ1) is 9.93. The Morgan fingerprint density at radius 2 is 1.71 bits per heavy atom. The molecule has 108 valence electrons. The van der Waals surface area contributed by atoms with E-state index in [-0.39, 0.29) is 12.4 Å². The van der Waals surface area contributed by atoms with Crippen molar-refractivity contribution >= 4 is 24.3 Å². The lowest BCUT2D eigenvalue weighted by molar-refractivity contribution is 0.525. The van der Waals surface area contributed by atoms with Gasteiger partial charge in [-0.25, -0.2) is 0 Å². The van der Waals surface area contributed by atoms with Crippen LogP contribution in [0.1, 0.15) is 30.0 Å². The summed E-state index contributed by atoms with van der Waals surface area (Å²) in [4.78, 5) is 0. The summed E-state index contributed by atoms with van der Waals surface area (Å²) in [5, 5.41) is 6.90. The zero-order chi connectivity index (χ0) is 13.4. The fourth-order valence-corrected chi connectivity index (χ4v) is 3.47. The molecule has 21 heavy (non-hydrogen) atoms. The highest BCUT2D eigenvalue weighted by Gasteiger charge is 2.35. The van der Waals surface area contributed by atoms with Crippen molar-refractivity contribution in [3.05, 3.63) is 65.7 Å². The molecule has 1 aliphatic heterocycles. The number of hydrazone groups is 1. The maximum absolute atomic E-state index is 4.70. The van der Waals surface area contributed by atoms with Crippen molar-refractivity contribution in [1.29, 1.82) is 0 Å². The van der Waals surface area contributed by atoms with Crippen molar-refractivity contribution in [2.45, 2.75) is 25.3 Å². The van der Waals surface area contributed by atoms with Crippen LogP contribution in [0.25, 0.3) is 0 Å². The Morgan fingerprint density at radius 1 is 0.952 bits per heavy atom. The molecule has 2 aromatic rings. The van der Waals surface area contributed by atoms with E-state index in [1.165, 1.54) is 36.1 Å². The molecule has 0 spiro atoms. The molecule has 0 fully saturated rings. The molecule has 2 atom stereocenters. The molecule has 0 saturated heterocycles. The largest absolute Gasteiger partial charge is 0.258 e. The van der Waals surface area contributed by atoms with E-state index in [0.717, 1.165) is 0 Å². The minimum atomic E-state index is 0. The summed E-state index contributed by atoms with van der Waals surface area (Å²) in [6, 6.07) is 19.8. The van der Waals surface area contributed by atoms with Crippen molar-refractivity contribution in [3.8, 4) is 0 Å². The smallest absolute Gasteiger partial charge is 0.0856 e. The van der Waals surface area contributed by atoms with Crippen LogP contribution in [-0.2, 0) is 6.42 Å². The van der Waals surface area contributed by atoms with Crippen LogP contribution in [0.4, 0.5) is 5.69 Å². The van der Waals surface area contributed by atoms with E-state index in [4.69, 9.17) is 5.10 Å². The van der Waals surface area contributed by atoms with Gasteiger partial charge >= 0.3 is 0 Å². The van der Waals surface area contributed by atoms with Gasteiger partial charge in [0.2, 0.25) is 0 Å². The Labute approximate surface area is 131 Å². The van der Waals surface area contributed by atoms with Crippen molar-refractivity contribution in [1.82, 2.24) is 0 Å². The quantitative estimate of drug-likeness (QED) is 0.751. The monoisotopic (exact) mass is 298 g/mol. The van der Waals surface area contributed by atoms with E-state index < -0.39 is 0 Å². The molecular formula is C18H19ClN2. The number of para-hydroxylation sites is 1. The second kappa shape index (κ2) is 5.90. The highest BCUT2D eigenvalue weighted by atomic mass is 35.5. The van der Waals surface area contributed by atoms with Gasteiger partial charge in [0.25, 0.3) is 0 Å². The normalized spacial score (nSPS) is 23.0. The number of rotatable bonds is 1. The second-order valence-electron chi connectivity index (χ2n) is 5.64. The number of nitrogens with zero attached hydrogens (tertiary/aromatic N) is 2. The third kappa shape index (κ3) is 2.44. The molecule has 0 amide bonds. The van der Waals surface area contributed by atoms with E-state index in [1.54, 1.807) is 0 Å². The van der Waals surface area contributed by atoms with Crippen LogP contribution in [0.2, 0.25) is 0 Å². The molecule has 2 aromatic carbocycles. The fourth-order valence-electron chi connectivity index (χ4n) is 3.47. The first kappa shape index (κ1) is 14.2. The van der Waals surface area contributed by atoms with Gasteiger partial charge in [0.05, 0.1) is 11.7 Å². The number of fused-ring (bicyclic) bond motifs is 3. The molecule has 4 rings (SSSR count). The maximum atomic E-state index is 4.70. The summed E-state index contributed by atoms with van der Waals surface area (Å²) in [6.07, 6.45) is 5.83. The fraction of sp³-hybridized carbons (Fsp3) is 0.278. The van der Waals surface area contributed by atoms with Gasteiger partial charge in [-0.2, -0.15) is 5.10 Å². The van der Waals surface area contributed by atoms with Crippen LogP contribution in [-0.4, -0.2) is 6.21 Å². The Morgan fingerprint density at radius 3 is 2.57 bits per heavy atom. The molecule has 0 radical (unpaired) electrons. The average molecular weight is 299 g/mol. The zero-order valence-corrected chi connectivity index (χ0v) is 12.7. The van der Waals surface area contributed by atoms with Crippen LogP contribution >= 0.6 is 12.4 Å². The van der Waals surface area contributed by atoms with Crippen LogP contribution in [0.5, 0.6) is 0 Å². The van der Waals surface area contributed by atoms with Gasteiger partial charge in [0.15, 0.2) is 0 Å². The van der Waals surface area contributed by atoms with Gasteiger partial charge in [-0.1, -0.05) is 42.5 Å². The molecule has 1 heterocycles. The topological polar surface area (TPSA) is 15.6 Å². The van der Waals surface area contributed by atoms with Gasteiger partial charge in [-0.3, -0.25) is 5.01 Å². The van der Waals surface area contributed by atoms with Crippen molar-refractivity contribution in [2.24, 2.45) is 11.0 Å². The Balaban J connectivity index is 0.00000132. The Hall–Kier alpha value is -1.80. The Bertz CT molecular complexity index is 639. The van der Waals surface area contributed by atoms with Gasteiger partial charge in [-0.05, 0) is 42.5 Å².